The lowest BCUT2D eigenvalue weighted by Crippen LogP contribution is -1.94. The number of aliphatic hydroxyl groups is 1. The van der Waals surface area contributed by atoms with Gasteiger partial charge in [0.05, 0.1) is 6.10 Å². The van der Waals surface area contributed by atoms with Gasteiger partial charge in [0.25, 0.3) is 0 Å². The van der Waals surface area contributed by atoms with Crippen LogP contribution in [-0.2, 0) is 0 Å². The number of hydrogen-bond donors (Lipinski definition) is 1. The van der Waals surface area contributed by atoms with Crippen molar-refractivity contribution >= 4 is 27.7 Å². The van der Waals surface area contributed by atoms with E-state index in [1.54, 1.807) is 0 Å². The summed E-state index contributed by atoms with van der Waals surface area (Å²) in [7, 11) is 0. The Kier molecular flexibility index (Phi) is 6.47. The zero-order valence-electron chi connectivity index (χ0n) is 9.87. The Morgan fingerprint density at radius 2 is 2.12 bits per heavy atom. The summed E-state index contributed by atoms with van der Waals surface area (Å²) in [6.45, 7) is 4.03. The molecule has 0 aliphatic rings. The highest BCUT2D eigenvalue weighted by Gasteiger charge is 2.08. The fourth-order valence-electron chi connectivity index (χ4n) is 1.51. The molecule has 0 aliphatic heterocycles. The Morgan fingerprint density at radius 3 is 2.75 bits per heavy atom. The van der Waals surface area contributed by atoms with Gasteiger partial charge in [0.1, 0.15) is 0 Å². The average Bonchev–Trinajstić information content (AvgIpc) is 2.26. The predicted molar refractivity (Wildman–Crippen MR) is 75.0 cm³/mol. The van der Waals surface area contributed by atoms with Gasteiger partial charge >= 0.3 is 0 Å². The van der Waals surface area contributed by atoms with E-state index in [0.717, 1.165) is 15.8 Å². The van der Waals surface area contributed by atoms with Crippen LogP contribution >= 0.6 is 27.7 Å². The third-order valence-corrected chi connectivity index (χ3v) is 4.10. The second-order valence-electron chi connectivity index (χ2n) is 3.91. The summed E-state index contributed by atoms with van der Waals surface area (Å²) in [6.07, 6.45) is 3.39. The van der Waals surface area contributed by atoms with Crippen LogP contribution in [-0.4, -0.2) is 10.9 Å². The number of hydrogen-bond acceptors (Lipinski definition) is 2. The van der Waals surface area contributed by atoms with Crippen molar-refractivity contribution in [1.29, 1.82) is 0 Å². The first-order valence-corrected chi connectivity index (χ1v) is 7.53. The summed E-state index contributed by atoms with van der Waals surface area (Å²) in [4.78, 5) is 1.20. The molecule has 1 N–H and O–H groups in total. The van der Waals surface area contributed by atoms with E-state index in [-0.39, 0.29) is 0 Å². The molecule has 0 bridgehead atoms. The number of unbranched alkanes of at least 4 members (excludes halogenated alkanes) is 2. The van der Waals surface area contributed by atoms with Gasteiger partial charge in [0, 0.05) is 9.37 Å². The van der Waals surface area contributed by atoms with E-state index in [1.807, 2.05) is 30.8 Å². The van der Waals surface area contributed by atoms with Gasteiger partial charge in [0.2, 0.25) is 0 Å². The number of halogens is 1. The first kappa shape index (κ1) is 14.1. The molecule has 1 aromatic rings. The quantitative estimate of drug-likeness (QED) is 0.602. The molecule has 1 nitrogen and oxygen atoms in total. The van der Waals surface area contributed by atoms with Gasteiger partial charge in [-0.2, -0.15) is 0 Å². The summed E-state index contributed by atoms with van der Waals surface area (Å²) in [5.74, 6) is 1.13. The van der Waals surface area contributed by atoms with E-state index < -0.39 is 6.10 Å². The molecule has 0 aromatic heterocycles. The number of aliphatic hydroxyl groups excluding tert-OH is 1. The van der Waals surface area contributed by atoms with Gasteiger partial charge in [-0.15, -0.1) is 11.8 Å². The number of thioether (sulfide) groups is 1. The molecule has 0 aliphatic carbocycles. The Bertz CT molecular complexity index is 326. The van der Waals surface area contributed by atoms with Crippen molar-refractivity contribution in [2.24, 2.45) is 0 Å². The highest BCUT2D eigenvalue weighted by atomic mass is 79.9. The highest BCUT2D eigenvalue weighted by Crippen LogP contribution is 2.30. The Hall–Kier alpha value is 0.01000. The maximum Gasteiger partial charge on any atom is 0.0773 e. The zero-order valence-corrected chi connectivity index (χ0v) is 12.3. The highest BCUT2D eigenvalue weighted by molar-refractivity contribution is 9.10. The second-order valence-corrected chi connectivity index (χ2v) is 5.97. The fourth-order valence-corrected chi connectivity index (χ4v) is 3.02. The van der Waals surface area contributed by atoms with Crippen molar-refractivity contribution in [2.75, 3.05) is 5.75 Å². The SMILES string of the molecule is CCCCCSc1ccc(Br)cc1C(C)O. The van der Waals surface area contributed by atoms with Crippen molar-refractivity contribution < 1.29 is 5.11 Å². The number of rotatable bonds is 6. The summed E-state index contributed by atoms with van der Waals surface area (Å²) in [5, 5.41) is 9.70. The van der Waals surface area contributed by atoms with Crippen molar-refractivity contribution in [2.45, 2.75) is 44.1 Å². The molecule has 16 heavy (non-hydrogen) atoms. The first-order valence-electron chi connectivity index (χ1n) is 5.75. The van der Waals surface area contributed by atoms with Crippen LogP contribution < -0.4 is 0 Å². The topological polar surface area (TPSA) is 20.2 Å². The molecule has 90 valence electrons. The Balaban J connectivity index is 2.64. The van der Waals surface area contributed by atoms with Crippen LogP contribution in [0.25, 0.3) is 0 Å². The van der Waals surface area contributed by atoms with Crippen molar-refractivity contribution in [3.8, 4) is 0 Å². The summed E-state index contributed by atoms with van der Waals surface area (Å²) in [5.41, 5.74) is 1.02. The van der Waals surface area contributed by atoms with E-state index in [0.29, 0.717) is 0 Å². The zero-order chi connectivity index (χ0) is 12.0. The van der Waals surface area contributed by atoms with E-state index >= 15 is 0 Å². The third-order valence-electron chi connectivity index (χ3n) is 2.43. The molecule has 3 heteroatoms. The molecule has 1 unspecified atom stereocenters. The molecule has 0 fully saturated rings. The lowest BCUT2D eigenvalue weighted by atomic mass is 10.1. The maximum atomic E-state index is 9.70. The molecule has 0 spiro atoms. The van der Waals surface area contributed by atoms with Crippen LogP contribution in [0, 0.1) is 0 Å². The van der Waals surface area contributed by atoms with Crippen molar-refractivity contribution in [1.82, 2.24) is 0 Å². The van der Waals surface area contributed by atoms with Crippen LogP contribution in [0.2, 0.25) is 0 Å². The average molecular weight is 303 g/mol. The minimum Gasteiger partial charge on any atom is -0.389 e. The van der Waals surface area contributed by atoms with E-state index in [9.17, 15) is 5.11 Å². The predicted octanol–water partition coefficient (Wildman–Crippen LogP) is 4.78. The number of benzene rings is 1. The van der Waals surface area contributed by atoms with Gasteiger partial charge in [-0.1, -0.05) is 35.7 Å². The molecule has 1 aromatic carbocycles. The van der Waals surface area contributed by atoms with Crippen molar-refractivity contribution in [3.05, 3.63) is 28.2 Å². The molecule has 0 saturated carbocycles. The lowest BCUT2D eigenvalue weighted by Gasteiger charge is -2.12. The standard InChI is InChI=1S/C13H19BrOS/c1-3-4-5-8-16-13-7-6-11(14)9-12(13)10(2)15/h6-7,9-10,15H,3-5,8H2,1-2H3. The molecule has 0 amide bonds. The summed E-state index contributed by atoms with van der Waals surface area (Å²) < 4.78 is 1.03. The Morgan fingerprint density at radius 1 is 1.38 bits per heavy atom. The second kappa shape index (κ2) is 7.36. The van der Waals surface area contributed by atoms with Crippen molar-refractivity contribution in [3.63, 3.8) is 0 Å². The van der Waals surface area contributed by atoms with E-state index in [1.165, 1.54) is 24.2 Å². The first-order chi connectivity index (χ1) is 7.65. The molecule has 0 heterocycles. The van der Waals surface area contributed by atoms with E-state index in [4.69, 9.17) is 0 Å². The fraction of sp³-hybridized carbons (Fsp3) is 0.538. The van der Waals surface area contributed by atoms with Crippen LogP contribution in [0.5, 0.6) is 0 Å². The summed E-state index contributed by atoms with van der Waals surface area (Å²) >= 11 is 5.28. The van der Waals surface area contributed by atoms with Crippen LogP contribution in [0.3, 0.4) is 0 Å². The van der Waals surface area contributed by atoms with Crippen LogP contribution in [0.15, 0.2) is 27.6 Å². The molecule has 0 saturated heterocycles. The van der Waals surface area contributed by atoms with Gasteiger partial charge < -0.3 is 5.11 Å². The Labute approximate surface area is 111 Å². The molecule has 1 rings (SSSR count). The summed E-state index contributed by atoms with van der Waals surface area (Å²) in [6, 6.07) is 6.13. The minimum atomic E-state index is -0.397. The lowest BCUT2D eigenvalue weighted by molar-refractivity contribution is 0.196. The normalized spacial score (nSPS) is 12.8. The van der Waals surface area contributed by atoms with Gasteiger partial charge in [-0.05, 0) is 42.9 Å². The maximum absolute atomic E-state index is 9.70. The molecular weight excluding hydrogens is 284 g/mol. The molecule has 1 atom stereocenters. The third kappa shape index (κ3) is 4.48. The monoisotopic (exact) mass is 302 g/mol. The van der Waals surface area contributed by atoms with Gasteiger partial charge in [0.15, 0.2) is 0 Å². The van der Waals surface area contributed by atoms with E-state index in [2.05, 4.69) is 28.9 Å². The van der Waals surface area contributed by atoms with Crippen LogP contribution in [0.1, 0.15) is 44.8 Å². The minimum absolute atomic E-state index is 0.397. The molecule has 0 radical (unpaired) electrons. The largest absolute Gasteiger partial charge is 0.389 e. The van der Waals surface area contributed by atoms with Crippen LogP contribution in [0.4, 0.5) is 0 Å². The van der Waals surface area contributed by atoms with Gasteiger partial charge in [-0.25, -0.2) is 0 Å². The molecular formula is C13H19BrOS. The smallest absolute Gasteiger partial charge is 0.0773 e. The van der Waals surface area contributed by atoms with Gasteiger partial charge in [-0.3, -0.25) is 0 Å².